The Bertz CT molecular complexity index is 900. The number of halogens is 1. The molecule has 26 heavy (non-hydrogen) atoms. The third-order valence-corrected chi connectivity index (χ3v) is 4.77. The summed E-state index contributed by atoms with van der Waals surface area (Å²) in [7, 11) is -1.05. The van der Waals surface area contributed by atoms with Crippen molar-refractivity contribution < 1.29 is 22.6 Å². The van der Waals surface area contributed by atoms with E-state index < -0.39 is 10.0 Å². The zero-order valence-corrected chi connectivity index (χ0v) is 16.1. The lowest BCUT2D eigenvalue weighted by molar-refractivity contribution is 0.311. The van der Waals surface area contributed by atoms with Crippen molar-refractivity contribution in [1.82, 2.24) is 4.83 Å². The zero-order valence-electron chi connectivity index (χ0n) is 14.5. The van der Waals surface area contributed by atoms with Crippen molar-refractivity contribution in [2.45, 2.75) is 11.8 Å². The second kappa shape index (κ2) is 8.77. The van der Waals surface area contributed by atoms with Crippen molar-refractivity contribution in [1.29, 1.82) is 0 Å². The summed E-state index contributed by atoms with van der Waals surface area (Å²) < 4.78 is 40.5. The summed E-state index contributed by atoms with van der Waals surface area (Å²) in [5.41, 5.74) is 0.631. The molecule has 0 aliphatic carbocycles. The van der Waals surface area contributed by atoms with Crippen LogP contribution in [0.4, 0.5) is 0 Å². The molecule has 0 bridgehead atoms. The van der Waals surface area contributed by atoms with Gasteiger partial charge in [0.25, 0.3) is 10.0 Å². The lowest BCUT2D eigenvalue weighted by atomic mass is 10.2. The number of ether oxygens (including phenoxy) is 3. The number of benzene rings is 2. The van der Waals surface area contributed by atoms with Crippen LogP contribution in [0.15, 0.2) is 46.4 Å². The van der Waals surface area contributed by atoms with Gasteiger partial charge in [0.05, 0.1) is 27.0 Å². The van der Waals surface area contributed by atoms with Gasteiger partial charge < -0.3 is 14.2 Å². The molecule has 140 valence electrons. The summed E-state index contributed by atoms with van der Waals surface area (Å²) in [6.45, 7) is 2.37. The van der Waals surface area contributed by atoms with E-state index >= 15 is 0 Å². The Morgan fingerprint density at radius 3 is 2.42 bits per heavy atom. The molecule has 2 aromatic carbocycles. The molecule has 0 amide bonds. The molecule has 0 spiro atoms. The second-order valence-electron chi connectivity index (χ2n) is 4.99. The van der Waals surface area contributed by atoms with E-state index in [-0.39, 0.29) is 15.7 Å². The second-order valence-corrected chi connectivity index (χ2v) is 7.06. The molecule has 0 unspecified atom stereocenters. The monoisotopic (exact) mass is 398 g/mol. The number of nitrogens with one attached hydrogen (secondary N) is 1. The highest BCUT2D eigenvalue weighted by molar-refractivity contribution is 7.89. The van der Waals surface area contributed by atoms with Gasteiger partial charge in [-0.2, -0.15) is 18.4 Å². The van der Waals surface area contributed by atoms with Crippen LogP contribution < -0.4 is 19.0 Å². The molecule has 1 N–H and O–H groups in total. The van der Waals surface area contributed by atoms with E-state index in [1.165, 1.54) is 38.6 Å². The number of hydrazone groups is 1. The van der Waals surface area contributed by atoms with Crippen molar-refractivity contribution in [3.63, 3.8) is 0 Å². The lowest BCUT2D eigenvalue weighted by Gasteiger charge is -2.10. The van der Waals surface area contributed by atoms with Gasteiger partial charge in [-0.1, -0.05) is 11.6 Å². The summed E-state index contributed by atoms with van der Waals surface area (Å²) in [6, 6.07) is 9.43. The summed E-state index contributed by atoms with van der Waals surface area (Å²) in [5.74, 6) is 1.28. The molecule has 9 heteroatoms. The Hall–Kier alpha value is -2.45. The maximum absolute atomic E-state index is 12.4. The highest BCUT2D eigenvalue weighted by atomic mass is 35.5. The number of hydrogen-bond acceptors (Lipinski definition) is 6. The van der Waals surface area contributed by atoms with E-state index in [1.54, 1.807) is 18.2 Å². The Morgan fingerprint density at radius 2 is 1.77 bits per heavy atom. The summed E-state index contributed by atoms with van der Waals surface area (Å²) in [5, 5.41) is 4.06. The van der Waals surface area contributed by atoms with Crippen LogP contribution in [0.3, 0.4) is 0 Å². The smallest absolute Gasteiger partial charge is 0.280 e. The standard InChI is InChI=1S/C17H19ClN2O5S/c1-4-25-14-7-5-12(9-16(14)24-3)11-19-20-26(21,22)17-10-13(18)6-8-15(17)23-2/h5-11,20H,4H2,1-3H3/b19-11+. The van der Waals surface area contributed by atoms with Gasteiger partial charge in [0, 0.05) is 5.02 Å². The molecule has 0 atom stereocenters. The van der Waals surface area contributed by atoms with Gasteiger partial charge in [0.1, 0.15) is 10.6 Å². The number of nitrogens with zero attached hydrogens (tertiary/aromatic N) is 1. The minimum atomic E-state index is -3.94. The van der Waals surface area contributed by atoms with Crippen LogP contribution in [0.2, 0.25) is 5.02 Å². The first-order valence-electron chi connectivity index (χ1n) is 7.60. The van der Waals surface area contributed by atoms with Crippen LogP contribution in [0.1, 0.15) is 12.5 Å². The first-order valence-corrected chi connectivity index (χ1v) is 9.46. The van der Waals surface area contributed by atoms with E-state index in [0.29, 0.717) is 23.7 Å². The largest absolute Gasteiger partial charge is 0.495 e. The highest BCUT2D eigenvalue weighted by Gasteiger charge is 2.19. The van der Waals surface area contributed by atoms with Crippen LogP contribution in [-0.4, -0.2) is 35.5 Å². The molecule has 7 nitrogen and oxygen atoms in total. The van der Waals surface area contributed by atoms with Gasteiger partial charge in [0.15, 0.2) is 11.5 Å². The first-order chi connectivity index (χ1) is 12.4. The average molecular weight is 399 g/mol. The lowest BCUT2D eigenvalue weighted by Crippen LogP contribution is -2.19. The Kier molecular flexibility index (Phi) is 6.70. The van der Waals surface area contributed by atoms with Crippen LogP contribution in [0.5, 0.6) is 17.2 Å². The fourth-order valence-electron chi connectivity index (χ4n) is 2.12. The maximum atomic E-state index is 12.4. The normalized spacial score (nSPS) is 11.4. The molecule has 0 aliphatic heterocycles. The van der Waals surface area contributed by atoms with Gasteiger partial charge in [-0.3, -0.25) is 0 Å². The Labute approximate surface area is 157 Å². The van der Waals surface area contributed by atoms with Gasteiger partial charge in [-0.15, -0.1) is 0 Å². The summed E-state index contributed by atoms with van der Waals surface area (Å²) >= 11 is 5.87. The quantitative estimate of drug-likeness (QED) is 0.545. The molecule has 0 fully saturated rings. The van der Waals surface area contributed by atoms with Crippen LogP contribution in [0.25, 0.3) is 0 Å². The van der Waals surface area contributed by atoms with Crippen molar-refractivity contribution in [2.75, 3.05) is 20.8 Å². The van der Waals surface area contributed by atoms with Crippen LogP contribution in [-0.2, 0) is 10.0 Å². The summed E-state index contributed by atoms with van der Waals surface area (Å²) in [4.78, 5) is 2.03. The van der Waals surface area contributed by atoms with E-state index in [1.807, 2.05) is 6.92 Å². The molecule has 0 heterocycles. The average Bonchev–Trinajstić information content (AvgIpc) is 2.63. The topological polar surface area (TPSA) is 86.2 Å². The minimum Gasteiger partial charge on any atom is -0.495 e. The third-order valence-electron chi connectivity index (χ3n) is 3.29. The molecule has 0 aliphatic rings. The zero-order chi connectivity index (χ0) is 19.2. The molecular weight excluding hydrogens is 380 g/mol. The fourth-order valence-corrected chi connectivity index (χ4v) is 3.34. The number of sulfonamides is 1. The molecule has 0 radical (unpaired) electrons. The van der Waals surface area contributed by atoms with Gasteiger partial charge >= 0.3 is 0 Å². The van der Waals surface area contributed by atoms with Gasteiger partial charge in [-0.05, 0) is 48.9 Å². The van der Waals surface area contributed by atoms with Crippen LogP contribution >= 0.6 is 11.6 Å². The molecule has 2 rings (SSSR count). The highest BCUT2D eigenvalue weighted by Crippen LogP contribution is 2.28. The number of rotatable bonds is 8. The van der Waals surface area contributed by atoms with Crippen molar-refractivity contribution in [2.24, 2.45) is 5.10 Å². The number of hydrogen-bond donors (Lipinski definition) is 1. The predicted molar refractivity (Wildman–Crippen MR) is 100 cm³/mol. The molecule has 2 aromatic rings. The fraction of sp³-hybridized carbons (Fsp3) is 0.235. The maximum Gasteiger partial charge on any atom is 0.280 e. The van der Waals surface area contributed by atoms with E-state index in [2.05, 4.69) is 9.93 Å². The molecule has 0 aromatic heterocycles. The van der Waals surface area contributed by atoms with E-state index in [0.717, 1.165) is 0 Å². The van der Waals surface area contributed by atoms with E-state index in [4.69, 9.17) is 25.8 Å². The molecule has 0 saturated carbocycles. The van der Waals surface area contributed by atoms with Gasteiger partial charge in [-0.25, -0.2) is 0 Å². The first kappa shape index (κ1) is 19.9. The minimum absolute atomic E-state index is 0.103. The van der Waals surface area contributed by atoms with Crippen molar-refractivity contribution >= 4 is 27.8 Å². The molecule has 0 saturated heterocycles. The molecular formula is C17H19ClN2O5S. The Balaban J connectivity index is 2.21. The van der Waals surface area contributed by atoms with Gasteiger partial charge in [0.2, 0.25) is 0 Å². The van der Waals surface area contributed by atoms with E-state index in [9.17, 15) is 8.42 Å². The predicted octanol–water partition coefficient (Wildman–Crippen LogP) is 3.07. The Morgan fingerprint density at radius 1 is 1.08 bits per heavy atom. The van der Waals surface area contributed by atoms with Crippen molar-refractivity contribution in [3.8, 4) is 17.2 Å². The van der Waals surface area contributed by atoms with Crippen LogP contribution in [0, 0.1) is 0 Å². The summed E-state index contributed by atoms with van der Waals surface area (Å²) in [6.07, 6.45) is 1.35. The number of methoxy groups -OCH3 is 2. The van der Waals surface area contributed by atoms with Crippen molar-refractivity contribution in [3.05, 3.63) is 47.0 Å². The third kappa shape index (κ3) is 4.80. The SMILES string of the molecule is CCOc1ccc(/C=N/NS(=O)(=O)c2cc(Cl)ccc2OC)cc1OC.